The van der Waals surface area contributed by atoms with Gasteiger partial charge in [0.1, 0.15) is 0 Å². The topological polar surface area (TPSA) is 85.3 Å². The largest absolute Gasteiger partial charge is 0.479 e. The fourth-order valence-corrected chi connectivity index (χ4v) is 2.33. The molecular weight excluding hydrogens is 266 g/mol. The van der Waals surface area contributed by atoms with Crippen LogP contribution in [0.2, 0.25) is 0 Å². The van der Waals surface area contributed by atoms with E-state index in [4.69, 9.17) is 19.3 Å². The molecule has 2 rings (SSSR count). The Morgan fingerprint density at radius 1 is 1.30 bits per heavy atom. The molecule has 0 spiro atoms. The highest BCUT2D eigenvalue weighted by Gasteiger charge is 2.28. The van der Waals surface area contributed by atoms with Crippen molar-refractivity contribution in [1.29, 1.82) is 0 Å². The molecule has 0 aliphatic carbocycles. The first-order valence-corrected chi connectivity index (χ1v) is 6.98. The molecule has 1 amide bonds. The molecule has 7 heteroatoms. The van der Waals surface area contributed by atoms with Gasteiger partial charge in [-0.1, -0.05) is 0 Å². The predicted octanol–water partition coefficient (Wildman–Crippen LogP) is -0.116. The van der Waals surface area contributed by atoms with Crippen LogP contribution in [0.3, 0.4) is 0 Å². The van der Waals surface area contributed by atoms with E-state index in [0.29, 0.717) is 19.8 Å². The highest BCUT2D eigenvalue weighted by molar-refractivity contribution is 5.78. The third kappa shape index (κ3) is 4.43. The average molecular weight is 287 g/mol. The molecule has 2 aliphatic rings. The van der Waals surface area contributed by atoms with E-state index >= 15 is 0 Å². The third-order valence-corrected chi connectivity index (χ3v) is 3.48. The number of carboxylic acid groups (broad SMARTS) is 1. The van der Waals surface area contributed by atoms with Gasteiger partial charge in [0, 0.05) is 13.2 Å². The fraction of sp³-hybridized carbons (Fsp3) is 0.846. The second kappa shape index (κ2) is 7.56. The van der Waals surface area contributed by atoms with Gasteiger partial charge < -0.3 is 24.2 Å². The van der Waals surface area contributed by atoms with Crippen molar-refractivity contribution in [1.82, 2.24) is 4.90 Å². The molecule has 0 radical (unpaired) electrons. The summed E-state index contributed by atoms with van der Waals surface area (Å²) in [6.45, 7) is 2.47. The van der Waals surface area contributed by atoms with E-state index in [1.807, 2.05) is 0 Å². The molecule has 2 fully saturated rings. The number of carbonyl (C=O) groups excluding carboxylic acids is 1. The minimum atomic E-state index is -1.03. The summed E-state index contributed by atoms with van der Waals surface area (Å²) in [5.41, 5.74) is 0. The molecule has 2 heterocycles. The number of aliphatic carboxylic acids is 1. The predicted molar refractivity (Wildman–Crippen MR) is 68.4 cm³/mol. The second-order valence-corrected chi connectivity index (χ2v) is 5.00. The van der Waals surface area contributed by atoms with Crippen LogP contribution in [0.4, 0.5) is 0 Å². The van der Waals surface area contributed by atoms with Crippen LogP contribution in [0, 0.1) is 0 Å². The number of amides is 1. The number of hydrogen-bond donors (Lipinski definition) is 1. The van der Waals surface area contributed by atoms with Gasteiger partial charge in [-0.3, -0.25) is 4.79 Å². The van der Waals surface area contributed by atoms with Gasteiger partial charge in [-0.15, -0.1) is 0 Å². The highest BCUT2D eigenvalue weighted by Crippen LogP contribution is 2.12. The Morgan fingerprint density at radius 3 is 2.85 bits per heavy atom. The van der Waals surface area contributed by atoms with Crippen LogP contribution in [0.1, 0.15) is 19.3 Å². The van der Waals surface area contributed by atoms with E-state index in [1.165, 1.54) is 4.90 Å². The molecule has 0 aromatic rings. The van der Waals surface area contributed by atoms with Crippen molar-refractivity contribution >= 4 is 11.9 Å². The van der Waals surface area contributed by atoms with E-state index in [0.717, 1.165) is 19.4 Å². The summed E-state index contributed by atoms with van der Waals surface area (Å²) in [5.74, 6) is -1.12. The summed E-state index contributed by atoms with van der Waals surface area (Å²) in [5, 5.41) is 8.87. The zero-order chi connectivity index (χ0) is 14.4. The zero-order valence-electron chi connectivity index (χ0n) is 11.5. The molecule has 2 saturated heterocycles. The molecule has 1 N–H and O–H groups in total. The van der Waals surface area contributed by atoms with Crippen molar-refractivity contribution in [2.24, 2.45) is 0 Å². The third-order valence-electron chi connectivity index (χ3n) is 3.48. The quantitative estimate of drug-likeness (QED) is 0.686. The first kappa shape index (κ1) is 15.2. The Bertz CT molecular complexity index is 342. The van der Waals surface area contributed by atoms with Crippen molar-refractivity contribution in [3.63, 3.8) is 0 Å². The standard InChI is InChI=1S/C13H21NO6/c15-12(3-6-18-9-10-2-1-5-19-10)14-4-7-20-11(8-14)13(16)17/h10-11H,1-9H2,(H,16,17)/t10-,11+/m1/s1. The van der Waals surface area contributed by atoms with Crippen molar-refractivity contribution in [3.8, 4) is 0 Å². The summed E-state index contributed by atoms with van der Waals surface area (Å²) in [7, 11) is 0. The van der Waals surface area contributed by atoms with Gasteiger partial charge in [0.15, 0.2) is 6.10 Å². The molecule has 0 saturated carbocycles. The maximum Gasteiger partial charge on any atom is 0.334 e. The summed E-state index contributed by atoms with van der Waals surface area (Å²) in [6, 6.07) is 0. The molecule has 0 unspecified atom stereocenters. The first-order chi connectivity index (χ1) is 9.66. The minimum Gasteiger partial charge on any atom is -0.479 e. The first-order valence-electron chi connectivity index (χ1n) is 6.98. The van der Waals surface area contributed by atoms with Crippen LogP contribution in [0.25, 0.3) is 0 Å². The Hall–Kier alpha value is -1.18. The average Bonchev–Trinajstić information content (AvgIpc) is 2.96. The number of rotatable bonds is 6. The van der Waals surface area contributed by atoms with Gasteiger partial charge in [-0.2, -0.15) is 0 Å². The molecule has 20 heavy (non-hydrogen) atoms. The Balaban J connectivity index is 1.62. The molecular formula is C13H21NO6. The van der Waals surface area contributed by atoms with Gasteiger partial charge >= 0.3 is 5.97 Å². The number of carboxylic acids is 1. The number of hydrogen-bond acceptors (Lipinski definition) is 5. The molecule has 2 atom stereocenters. The lowest BCUT2D eigenvalue weighted by molar-refractivity contribution is -0.159. The Labute approximate surface area is 117 Å². The van der Waals surface area contributed by atoms with Crippen LogP contribution in [-0.2, 0) is 23.8 Å². The van der Waals surface area contributed by atoms with E-state index in [9.17, 15) is 9.59 Å². The van der Waals surface area contributed by atoms with Crippen LogP contribution < -0.4 is 0 Å². The molecule has 114 valence electrons. The number of morpholine rings is 1. The van der Waals surface area contributed by atoms with Gasteiger partial charge in [0.05, 0.1) is 38.9 Å². The minimum absolute atomic E-state index is 0.0908. The lowest BCUT2D eigenvalue weighted by Gasteiger charge is -2.30. The number of ether oxygens (including phenoxy) is 3. The maximum atomic E-state index is 11.9. The van der Waals surface area contributed by atoms with E-state index in [2.05, 4.69) is 0 Å². The Morgan fingerprint density at radius 2 is 2.15 bits per heavy atom. The van der Waals surface area contributed by atoms with Crippen molar-refractivity contribution in [2.75, 3.05) is 39.5 Å². The van der Waals surface area contributed by atoms with E-state index in [1.54, 1.807) is 0 Å². The molecule has 7 nitrogen and oxygen atoms in total. The summed E-state index contributed by atoms with van der Waals surface area (Å²) in [4.78, 5) is 24.3. The maximum absolute atomic E-state index is 11.9. The van der Waals surface area contributed by atoms with Crippen LogP contribution in [-0.4, -0.2) is 73.6 Å². The lowest BCUT2D eigenvalue weighted by atomic mass is 10.2. The fourth-order valence-electron chi connectivity index (χ4n) is 2.33. The van der Waals surface area contributed by atoms with Gasteiger partial charge in [-0.25, -0.2) is 4.79 Å². The molecule has 0 bridgehead atoms. The molecule has 0 aromatic heterocycles. The monoisotopic (exact) mass is 287 g/mol. The van der Waals surface area contributed by atoms with Crippen molar-refractivity contribution in [2.45, 2.75) is 31.5 Å². The van der Waals surface area contributed by atoms with Gasteiger partial charge in [0.25, 0.3) is 0 Å². The van der Waals surface area contributed by atoms with E-state index < -0.39 is 12.1 Å². The second-order valence-electron chi connectivity index (χ2n) is 5.00. The van der Waals surface area contributed by atoms with Crippen LogP contribution >= 0.6 is 0 Å². The summed E-state index contributed by atoms with van der Waals surface area (Å²) in [6.07, 6.45) is 1.58. The summed E-state index contributed by atoms with van der Waals surface area (Å²) < 4.78 is 15.9. The number of nitrogens with zero attached hydrogens (tertiary/aromatic N) is 1. The van der Waals surface area contributed by atoms with Crippen molar-refractivity contribution in [3.05, 3.63) is 0 Å². The van der Waals surface area contributed by atoms with E-state index in [-0.39, 0.29) is 31.6 Å². The normalized spacial score (nSPS) is 26.7. The van der Waals surface area contributed by atoms with Crippen LogP contribution in [0.5, 0.6) is 0 Å². The van der Waals surface area contributed by atoms with Gasteiger partial charge in [-0.05, 0) is 12.8 Å². The molecule has 0 aromatic carbocycles. The highest BCUT2D eigenvalue weighted by atomic mass is 16.5. The van der Waals surface area contributed by atoms with Crippen molar-refractivity contribution < 1.29 is 28.9 Å². The zero-order valence-corrected chi connectivity index (χ0v) is 11.5. The smallest absolute Gasteiger partial charge is 0.334 e. The number of carbonyl (C=O) groups is 2. The lowest BCUT2D eigenvalue weighted by Crippen LogP contribution is -2.48. The summed E-state index contributed by atoms with van der Waals surface area (Å²) >= 11 is 0. The van der Waals surface area contributed by atoms with Gasteiger partial charge in [0.2, 0.25) is 5.91 Å². The SMILES string of the molecule is O=C(O)[C@@H]1CN(C(=O)CCOC[C@H]2CCCO2)CCO1. The van der Waals surface area contributed by atoms with Crippen LogP contribution in [0.15, 0.2) is 0 Å². The molecule has 2 aliphatic heterocycles. The Kier molecular flexibility index (Phi) is 5.75.